The van der Waals surface area contributed by atoms with Crippen molar-refractivity contribution < 1.29 is 18.0 Å². The molecule has 0 heterocycles. The molecule has 38 heavy (non-hydrogen) atoms. The molecular weight excluding hydrogens is 566 g/mol. The van der Waals surface area contributed by atoms with Gasteiger partial charge in [0.1, 0.15) is 12.6 Å². The molecule has 202 valence electrons. The highest BCUT2D eigenvalue weighted by Crippen LogP contribution is 2.29. The Morgan fingerprint density at radius 3 is 2.24 bits per heavy atom. The maximum absolute atomic E-state index is 13.9. The van der Waals surface area contributed by atoms with Gasteiger partial charge in [0, 0.05) is 17.6 Å². The van der Waals surface area contributed by atoms with Gasteiger partial charge in [-0.05, 0) is 74.2 Å². The number of hydrogen-bond donors (Lipinski definition) is 1. The van der Waals surface area contributed by atoms with Crippen molar-refractivity contribution >= 4 is 43.5 Å². The molecule has 3 rings (SSSR count). The largest absolute Gasteiger partial charge is 0.354 e. The molecule has 0 aliphatic heterocycles. The second-order valence-corrected chi connectivity index (χ2v) is 11.9. The van der Waals surface area contributed by atoms with E-state index in [1.807, 2.05) is 51.1 Å². The van der Waals surface area contributed by atoms with Gasteiger partial charge in [-0.15, -0.1) is 0 Å². The predicted molar refractivity (Wildman–Crippen MR) is 154 cm³/mol. The Morgan fingerprint density at radius 1 is 0.947 bits per heavy atom. The fourth-order valence-corrected chi connectivity index (χ4v) is 5.76. The summed E-state index contributed by atoms with van der Waals surface area (Å²) in [6.07, 6.45) is 0.759. The van der Waals surface area contributed by atoms with Crippen molar-refractivity contribution in [3.05, 3.63) is 94.0 Å². The number of rotatable bonds is 11. The molecule has 0 aromatic heterocycles. The van der Waals surface area contributed by atoms with Gasteiger partial charge >= 0.3 is 0 Å². The molecule has 7 nitrogen and oxygen atoms in total. The van der Waals surface area contributed by atoms with Gasteiger partial charge in [0.25, 0.3) is 10.0 Å². The quantitative estimate of drug-likeness (QED) is 0.328. The van der Waals surface area contributed by atoms with Crippen molar-refractivity contribution in [3.8, 4) is 0 Å². The fourth-order valence-electron chi connectivity index (χ4n) is 4.00. The lowest BCUT2D eigenvalue weighted by Gasteiger charge is -2.32. The number of amides is 2. The SMILES string of the molecule is CCCNC(=O)[C@H](C)N(Cc1ccc(Br)cc1)C(=O)CN(c1cccc(C)c1C)S(=O)(=O)c1ccccc1. The molecule has 0 spiro atoms. The van der Waals surface area contributed by atoms with E-state index >= 15 is 0 Å². The number of aryl methyl sites for hydroxylation is 1. The van der Waals surface area contributed by atoms with E-state index in [2.05, 4.69) is 21.2 Å². The van der Waals surface area contributed by atoms with Crippen LogP contribution in [-0.4, -0.2) is 44.3 Å². The van der Waals surface area contributed by atoms with Gasteiger partial charge < -0.3 is 10.2 Å². The number of benzene rings is 3. The molecule has 3 aromatic carbocycles. The molecule has 1 atom stereocenters. The minimum Gasteiger partial charge on any atom is -0.354 e. The third-order valence-corrected chi connectivity index (χ3v) is 8.74. The van der Waals surface area contributed by atoms with E-state index in [0.29, 0.717) is 12.2 Å². The Balaban J connectivity index is 2.04. The van der Waals surface area contributed by atoms with Gasteiger partial charge in [-0.2, -0.15) is 0 Å². The number of carbonyl (C=O) groups excluding carboxylic acids is 2. The highest BCUT2D eigenvalue weighted by molar-refractivity contribution is 9.10. The molecule has 0 bridgehead atoms. The smallest absolute Gasteiger partial charge is 0.264 e. The van der Waals surface area contributed by atoms with E-state index < -0.39 is 28.5 Å². The van der Waals surface area contributed by atoms with Crippen LogP contribution in [0.4, 0.5) is 5.69 Å². The molecule has 0 aliphatic carbocycles. The Hall–Kier alpha value is -3.17. The second kappa shape index (κ2) is 13.1. The summed E-state index contributed by atoms with van der Waals surface area (Å²) in [5, 5.41) is 2.85. The minimum atomic E-state index is -4.08. The van der Waals surface area contributed by atoms with Gasteiger partial charge in [-0.3, -0.25) is 13.9 Å². The second-order valence-electron chi connectivity index (χ2n) is 9.16. The summed E-state index contributed by atoms with van der Waals surface area (Å²) in [4.78, 5) is 28.4. The Bertz CT molecular complexity index is 1360. The van der Waals surface area contributed by atoms with Gasteiger partial charge in [-0.1, -0.05) is 65.3 Å². The first-order valence-corrected chi connectivity index (χ1v) is 14.7. The monoisotopic (exact) mass is 599 g/mol. The van der Waals surface area contributed by atoms with Crippen LogP contribution < -0.4 is 9.62 Å². The normalized spacial score (nSPS) is 12.0. The number of sulfonamides is 1. The van der Waals surface area contributed by atoms with E-state index in [1.165, 1.54) is 17.0 Å². The number of hydrogen-bond acceptors (Lipinski definition) is 4. The minimum absolute atomic E-state index is 0.0851. The fraction of sp³-hybridized carbons (Fsp3) is 0.310. The van der Waals surface area contributed by atoms with E-state index in [4.69, 9.17) is 0 Å². The molecule has 0 radical (unpaired) electrons. The molecule has 0 unspecified atom stereocenters. The number of halogens is 1. The van der Waals surface area contributed by atoms with Crippen molar-refractivity contribution in [2.24, 2.45) is 0 Å². The molecule has 1 N–H and O–H groups in total. The summed E-state index contributed by atoms with van der Waals surface area (Å²) >= 11 is 3.42. The Kier molecular flexibility index (Phi) is 10.1. The zero-order valence-corrected chi connectivity index (χ0v) is 24.6. The molecule has 0 aliphatic rings. The molecule has 3 aromatic rings. The van der Waals surface area contributed by atoms with Crippen LogP contribution in [0.3, 0.4) is 0 Å². The molecule has 0 saturated carbocycles. The Morgan fingerprint density at radius 2 is 1.61 bits per heavy atom. The summed E-state index contributed by atoms with van der Waals surface area (Å²) in [5.74, 6) is -0.769. The van der Waals surface area contributed by atoms with E-state index in [9.17, 15) is 18.0 Å². The summed E-state index contributed by atoms with van der Waals surface area (Å²) in [5.41, 5.74) is 2.91. The maximum Gasteiger partial charge on any atom is 0.264 e. The predicted octanol–water partition coefficient (Wildman–Crippen LogP) is 5.20. The average molecular weight is 601 g/mol. The zero-order valence-electron chi connectivity index (χ0n) is 22.1. The number of carbonyl (C=O) groups is 2. The first-order valence-electron chi connectivity index (χ1n) is 12.5. The van der Waals surface area contributed by atoms with Gasteiger partial charge in [0.05, 0.1) is 10.6 Å². The first-order chi connectivity index (χ1) is 18.1. The lowest BCUT2D eigenvalue weighted by molar-refractivity contribution is -0.139. The number of nitrogens with one attached hydrogen (secondary N) is 1. The van der Waals surface area contributed by atoms with Crippen LogP contribution in [0, 0.1) is 13.8 Å². The summed E-state index contributed by atoms with van der Waals surface area (Å²) in [6, 6.07) is 20.1. The maximum atomic E-state index is 13.9. The third kappa shape index (κ3) is 7.02. The highest BCUT2D eigenvalue weighted by Gasteiger charge is 2.33. The number of nitrogens with zero attached hydrogens (tertiary/aromatic N) is 2. The lowest BCUT2D eigenvalue weighted by Crippen LogP contribution is -2.51. The van der Waals surface area contributed by atoms with E-state index in [1.54, 1.807) is 37.3 Å². The van der Waals surface area contributed by atoms with Crippen LogP contribution in [-0.2, 0) is 26.2 Å². The summed E-state index contributed by atoms with van der Waals surface area (Å²) in [7, 11) is -4.08. The van der Waals surface area contributed by atoms with Crippen LogP contribution in [0.25, 0.3) is 0 Å². The van der Waals surface area contributed by atoms with Gasteiger partial charge in [0.15, 0.2) is 0 Å². The topological polar surface area (TPSA) is 86.8 Å². The van der Waals surface area contributed by atoms with Crippen LogP contribution in [0.15, 0.2) is 82.2 Å². The van der Waals surface area contributed by atoms with Crippen molar-refractivity contribution in [1.29, 1.82) is 0 Å². The highest BCUT2D eigenvalue weighted by atomic mass is 79.9. The van der Waals surface area contributed by atoms with Crippen molar-refractivity contribution in [1.82, 2.24) is 10.2 Å². The van der Waals surface area contributed by atoms with E-state index in [0.717, 1.165) is 31.9 Å². The van der Waals surface area contributed by atoms with Crippen molar-refractivity contribution in [3.63, 3.8) is 0 Å². The zero-order chi connectivity index (χ0) is 27.9. The molecular formula is C29H34BrN3O4S. The van der Waals surface area contributed by atoms with Crippen molar-refractivity contribution in [2.45, 2.75) is 51.6 Å². The first kappa shape index (κ1) is 29.4. The van der Waals surface area contributed by atoms with Crippen LogP contribution in [0.2, 0.25) is 0 Å². The third-order valence-electron chi connectivity index (χ3n) is 6.44. The molecule has 2 amide bonds. The van der Waals surface area contributed by atoms with Gasteiger partial charge in [-0.25, -0.2) is 8.42 Å². The summed E-state index contributed by atoms with van der Waals surface area (Å²) < 4.78 is 29.8. The average Bonchev–Trinajstić information content (AvgIpc) is 2.91. The lowest BCUT2D eigenvalue weighted by atomic mass is 10.1. The van der Waals surface area contributed by atoms with Crippen molar-refractivity contribution in [2.75, 3.05) is 17.4 Å². The summed E-state index contributed by atoms with van der Waals surface area (Å²) in [6.45, 7) is 7.53. The van der Waals surface area contributed by atoms with Gasteiger partial charge in [0.2, 0.25) is 11.8 Å². The number of anilines is 1. The standard InChI is InChI=1S/C29H34BrN3O4S/c1-5-18-31-29(35)23(4)32(19-24-14-16-25(30)17-15-24)28(34)20-33(27-13-9-10-21(2)22(27)3)38(36,37)26-11-7-6-8-12-26/h6-17,23H,5,18-20H2,1-4H3,(H,31,35)/t23-/m0/s1. The Labute approximate surface area is 234 Å². The van der Waals surface area contributed by atoms with Crippen LogP contribution in [0.1, 0.15) is 37.0 Å². The van der Waals surface area contributed by atoms with E-state index in [-0.39, 0.29) is 17.3 Å². The molecule has 0 fully saturated rings. The van der Waals surface area contributed by atoms with Crippen LogP contribution in [0.5, 0.6) is 0 Å². The van der Waals surface area contributed by atoms with Crippen LogP contribution >= 0.6 is 15.9 Å². The molecule has 0 saturated heterocycles. The molecule has 9 heteroatoms.